The van der Waals surface area contributed by atoms with Crippen molar-refractivity contribution in [3.8, 4) is 0 Å². The van der Waals surface area contributed by atoms with Gasteiger partial charge >= 0.3 is 0 Å². The summed E-state index contributed by atoms with van der Waals surface area (Å²) in [4.78, 5) is 21.8. The molecule has 3 heterocycles. The highest BCUT2D eigenvalue weighted by Crippen LogP contribution is 2.51. The van der Waals surface area contributed by atoms with E-state index in [0.29, 0.717) is 17.6 Å². The molecule has 1 saturated heterocycles. The number of rotatable bonds is 4. The zero-order chi connectivity index (χ0) is 15.9. The van der Waals surface area contributed by atoms with Crippen LogP contribution in [0.3, 0.4) is 0 Å². The third-order valence-electron chi connectivity index (χ3n) is 3.33. The van der Waals surface area contributed by atoms with Gasteiger partial charge in [0.1, 0.15) is 24.2 Å². The molecule has 0 bridgehead atoms. The number of fused-ring (bicyclic) bond motifs is 1. The van der Waals surface area contributed by atoms with Crippen LogP contribution in [0.25, 0.3) is 11.2 Å². The minimum absolute atomic E-state index is 0.270. The second kappa shape index (κ2) is 6.00. The monoisotopic (exact) mass is 363 g/mol. The van der Waals surface area contributed by atoms with Gasteiger partial charge in [-0.1, -0.05) is 12.2 Å². The number of ether oxygens (including phenoxy) is 1. The molecular weight excluding hydrogens is 349 g/mol. The smallest absolute Gasteiger partial charge is 0.242 e. The average Bonchev–Trinajstić information content (AvgIpc) is 3.01. The Balaban J connectivity index is 1.89. The quantitative estimate of drug-likeness (QED) is 0.445. The van der Waals surface area contributed by atoms with Gasteiger partial charge in [0.2, 0.25) is 5.69 Å². The van der Waals surface area contributed by atoms with Crippen LogP contribution in [0.2, 0.25) is 0 Å². The van der Waals surface area contributed by atoms with Crippen molar-refractivity contribution in [2.45, 2.75) is 24.9 Å². The molecule has 0 aliphatic carbocycles. The molecule has 0 aromatic carbocycles. The van der Waals surface area contributed by atoms with E-state index in [1.807, 2.05) is 0 Å². The van der Waals surface area contributed by atoms with Gasteiger partial charge in [0.25, 0.3) is 0 Å². The van der Waals surface area contributed by atoms with E-state index >= 15 is 0 Å². The molecule has 12 heteroatoms. The first-order valence-corrected chi connectivity index (χ1v) is 10.1. The average molecular weight is 363 g/mol. The highest BCUT2D eigenvalue weighted by molar-refractivity contribution is 8.59. The molecule has 4 unspecified atom stereocenters. The molecule has 2 aromatic rings. The Bertz CT molecular complexity index is 737. The molecule has 0 saturated carbocycles. The molecule has 4 atom stereocenters. The van der Waals surface area contributed by atoms with E-state index in [-0.39, 0.29) is 12.4 Å². The van der Waals surface area contributed by atoms with Gasteiger partial charge in [0.05, 0.1) is 19.0 Å². The van der Waals surface area contributed by atoms with Gasteiger partial charge in [-0.2, -0.15) is 0 Å². The Morgan fingerprint density at radius 2 is 2.32 bits per heavy atom. The molecule has 0 radical (unpaired) electrons. The second-order valence-corrected chi connectivity index (χ2v) is 9.88. The highest BCUT2D eigenvalue weighted by atomic mass is 32.9. The van der Waals surface area contributed by atoms with Gasteiger partial charge in [-0.15, -0.1) is 0 Å². The maximum absolute atomic E-state index is 9.59. The molecule has 3 rings (SSSR count). The van der Waals surface area contributed by atoms with Crippen LogP contribution in [0.15, 0.2) is 12.7 Å². The van der Waals surface area contributed by atoms with Crippen LogP contribution in [-0.4, -0.2) is 48.3 Å². The summed E-state index contributed by atoms with van der Waals surface area (Å²) in [6.07, 6.45) is 1.57. The number of nitrogens with zero attached hydrogens (tertiary/aromatic N) is 4. The Morgan fingerprint density at radius 3 is 3.00 bits per heavy atom. The fourth-order valence-corrected chi connectivity index (χ4v) is 3.67. The highest BCUT2D eigenvalue weighted by Gasteiger charge is 2.39. The number of aromatic nitrogens is 4. The van der Waals surface area contributed by atoms with Crippen molar-refractivity contribution in [3.63, 3.8) is 0 Å². The van der Waals surface area contributed by atoms with Crippen molar-refractivity contribution >= 4 is 46.7 Å². The normalized spacial score (nSPS) is 28.0. The number of aliphatic hydroxyl groups excluding tert-OH is 1. The van der Waals surface area contributed by atoms with Crippen LogP contribution in [0.1, 0.15) is 12.6 Å². The Hall–Kier alpha value is -0.810. The van der Waals surface area contributed by atoms with Gasteiger partial charge in [-0.25, -0.2) is 15.0 Å². The summed E-state index contributed by atoms with van der Waals surface area (Å²) >= 11 is 8.62. The lowest BCUT2D eigenvalue weighted by molar-refractivity contribution is -0.0386. The fourth-order valence-electron chi connectivity index (χ4n) is 2.40. The summed E-state index contributed by atoms with van der Waals surface area (Å²) in [6.45, 7) is -0.270. The number of nitrogens with two attached hydrogens (primary N) is 1. The molecule has 0 amide bonds. The third kappa shape index (κ3) is 3.11. The van der Waals surface area contributed by atoms with Crippen molar-refractivity contribution in [1.82, 2.24) is 19.5 Å². The Labute approximate surface area is 135 Å². The molecule has 1 aliphatic heterocycles. The van der Waals surface area contributed by atoms with Crippen molar-refractivity contribution in [3.05, 3.63) is 12.7 Å². The van der Waals surface area contributed by atoms with Crippen LogP contribution in [0, 0.1) is 0 Å². The lowest BCUT2D eigenvalue weighted by atomic mass is 10.2. The zero-order valence-electron chi connectivity index (χ0n) is 11.2. The lowest BCUT2D eigenvalue weighted by Crippen LogP contribution is -2.26. The molecule has 120 valence electrons. The van der Waals surface area contributed by atoms with Crippen LogP contribution in [0.4, 0.5) is 5.82 Å². The van der Waals surface area contributed by atoms with Crippen LogP contribution in [0.5, 0.6) is 0 Å². The van der Waals surface area contributed by atoms with Gasteiger partial charge in [-0.3, -0.25) is 4.57 Å². The number of hydrogen-bond acceptors (Lipinski definition) is 8. The number of aliphatic hydroxyl groups is 1. The third-order valence-corrected chi connectivity index (χ3v) is 4.42. The standard InChI is InChI=1S/C10H14N5O4PS2/c11-9-8-10(13-3-12-9)15(4-14-8)7-1-5(6(2-16)18-7)19-20(17,21)22/h3-7,16H,1-2H2,(H2,11,12,13)(H2,17,21,22). The minimum Gasteiger partial charge on any atom is -0.394 e. The predicted octanol–water partition coefficient (Wildman–Crippen LogP) is 0.220. The van der Waals surface area contributed by atoms with Crippen molar-refractivity contribution in [1.29, 1.82) is 0 Å². The topological polar surface area (TPSA) is 129 Å². The summed E-state index contributed by atoms with van der Waals surface area (Å²) in [5.74, 6) is 0.273. The van der Waals surface area contributed by atoms with Gasteiger partial charge in [-0.05, 0) is 11.8 Å². The summed E-state index contributed by atoms with van der Waals surface area (Å²) in [5.41, 5.74) is 3.58. The first-order valence-electron chi connectivity index (χ1n) is 6.32. The molecule has 1 fully saturated rings. The van der Waals surface area contributed by atoms with Gasteiger partial charge in [0, 0.05) is 6.42 Å². The molecule has 2 aromatic heterocycles. The maximum atomic E-state index is 9.59. The summed E-state index contributed by atoms with van der Waals surface area (Å²) < 4.78 is 12.7. The van der Waals surface area contributed by atoms with Crippen molar-refractivity contribution in [2.75, 3.05) is 12.3 Å². The number of anilines is 1. The first kappa shape index (κ1) is 16.1. The number of hydrogen-bond donors (Lipinski definition) is 4. The molecule has 9 nitrogen and oxygen atoms in total. The molecule has 0 spiro atoms. The van der Waals surface area contributed by atoms with E-state index in [1.165, 1.54) is 12.7 Å². The van der Waals surface area contributed by atoms with Gasteiger partial charge in [0.15, 0.2) is 11.5 Å². The maximum Gasteiger partial charge on any atom is 0.242 e. The fraction of sp³-hybridized carbons (Fsp3) is 0.500. The lowest BCUT2D eigenvalue weighted by Gasteiger charge is -2.19. The Morgan fingerprint density at radius 1 is 1.55 bits per heavy atom. The van der Waals surface area contributed by atoms with E-state index in [4.69, 9.17) is 26.8 Å². The Kier molecular flexibility index (Phi) is 4.38. The van der Waals surface area contributed by atoms with Crippen molar-refractivity contribution in [2.24, 2.45) is 0 Å². The van der Waals surface area contributed by atoms with E-state index in [9.17, 15) is 10.00 Å². The number of nitrogen functional groups attached to an aromatic ring is 1. The summed E-state index contributed by atoms with van der Waals surface area (Å²) in [6, 6.07) is 0. The number of imidazole rings is 1. The van der Waals surface area contributed by atoms with E-state index in [2.05, 4.69) is 27.2 Å². The minimum atomic E-state index is -3.16. The summed E-state index contributed by atoms with van der Waals surface area (Å²) in [5, 5.41) is 9.40. The van der Waals surface area contributed by atoms with E-state index in [0.717, 1.165) is 0 Å². The largest absolute Gasteiger partial charge is 0.394 e. The van der Waals surface area contributed by atoms with Crippen LogP contribution >= 0.6 is 17.9 Å². The number of thiol groups is 1. The van der Waals surface area contributed by atoms with Crippen molar-refractivity contribution < 1.29 is 19.3 Å². The zero-order valence-corrected chi connectivity index (χ0v) is 13.8. The second-order valence-electron chi connectivity index (χ2n) is 4.76. The summed E-state index contributed by atoms with van der Waals surface area (Å²) in [7, 11) is 0. The van der Waals surface area contributed by atoms with Crippen LogP contribution in [-0.2, 0) is 21.1 Å². The van der Waals surface area contributed by atoms with E-state index in [1.54, 1.807) is 4.57 Å². The molecular formula is C10H14N5O4PS2. The predicted molar refractivity (Wildman–Crippen MR) is 85.7 cm³/mol. The van der Waals surface area contributed by atoms with Gasteiger partial charge < -0.3 is 25.0 Å². The molecule has 22 heavy (non-hydrogen) atoms. The molecule has 1 aliphatic rings. The van der Waals surface area contributed by atoms with Crippen LogP contribution < -0.4 is 5.73 Å². The molecule has 4 N–H and O–H groups in total. The van der Waals surface area contributed by atoms with E-state index < -0.39 is 24.1 Å². The first-order chi connectivity index (χ1) is 10.4. The SMILES string of the molecule is Nc1ncnc2c1ncn2C1CC(OP(O)(=S)S)C(CO)O1.